The van der Waals surface area contributed by atoms with Crippen LogP contribution in [0.25, 0.3) is 0 Å². The summed E-state index contributed by atoms with van der Waals surface area (Å²) in [6, 6.07) is 14.0. The molecule has 10 N–H and O–H groups in total. The number of guanidine groups is 2. The highest BCUT2D eigenvalue weighted by Crippen LogP contribution is 2.15. The molecule has 0 spiro atoms. The van der Waals surface area contributed by atoms with Crippen molar-refractivity contribution < 1.29 is 4.79 Å². The molecule has 2 rings (SSSR count). The van der Waals surface area contributed by atoms with Crippen molar-refractivity contribution in [2.45, 2.75) is 26.7 Å². The molecule has 32 heavy (non-hydrogen) atoms. The Labute approximate surface area is 186 Å². The molecule has 0 heterocycles. The Morgan fingerprint density at radius 3 is 1.28 bits per heavy atom. The van der Waals surface area contributed by atoms with Gasteiger partial charge < -0.3 is 33.6 Å². The van der Waals surface area contributed by atoms with Crippen LogP contribution in [0.5, 0.6) is 0 Å². The topological polar surface area (TPSA) is 195 Å². The van der Waals surface area contributed by atoms with E-state index < -0.39 is 0 Å². The Morgan fingerprint density at radius 1 is 0.656 bits per heavy atom. The van der Waals surface area contributed by atoms with Gasteiger partial charge in [-0.1, -0.05) is 38.1 Å². The van der Waals surface area contributed by atoms with Gasteiger partial charge in [0, 0.05) is 11.4 Å². The van der Waals surface area contributed by atoms with E-state index in [4.69, 9.17) is 22.9 Å². The van der Waals surface area contributed by atoms with Crippen molar-refractivity contribution in [3.63, 3.8) is 0 Å². The molecule has 2 aromatic rings. The van der Waals surface area contributed by atoms with Crippen molar-refractivity contribution in [3.05, 3.63) is 59.7 Å². The average molecular weight is 437 g/mol. The lowest BCUT2D eigenvalue weighted by Crippen LogP contribution is -2.22. The summed E-state index contributed by atoms with van der Waals surface area (Å²) >= 11 is 0. The van der Waals surface area contributed by atoms with E-state index in [-0.39, 0.29) is 18.0 Å². The number of amides is 2. The van der Waals surface area contributed by atoms with Gasteiger partial charge in [-0.05, 0) is 48.2 Å². The third-order valence-corrected chi connectivity index (χ3v) is 4.19. The molecule has 0 radical (unpaired) electrons. The standard InChI is InChI=1S/C21H28N10O/c1-3-17(28-30-19(22)23)13-5-9-15(10-6-13)26-21(32)27-16-11-7-14(8-12-16)18(4-2)29-31-20(24)25/h5-12H,3-4H2,1-2H3,(H4,22,23,30)(H4,24,25,31)(H2,26,27,32)/b28-17-,29-18-. The molecule has 168 valence electrons. The summed E-state index contributed by atoms with van der Waals surface area (Å²) in [5.74, 6) is -0.211. The second-order valence-corrected chi connectivity index (χ2v) is 6.58. The van der Waals surface area contributed by atoms with Crippen LogP contribution in [-0.2, 0) is 0 Å². The second-order valence-electron chi connectivity index (χ2n) is 6.58. The zero-order valence-corrected chi connectivity index (χ0v) is 18.0. The van der Waals surface area contributed by atoms with Crippen LogP contribution in [0, 0.1) is 0 Å². The van der Waals surface area contributed by atoms with Crippen molar-refractivity contribution in [3.8, 4) is 0 Å². The molecule has 0 aromatic heterocycles. The predicted octanol–water partition coefficient (Wildman–Crippen LogP) is 2.11. The number of benzene rings is 2. The first kappa shape index (κ1) is 23.9. The molecule has 0 aliphatic heterocycles. The summed E-state index contributed by atoms with van der Waals surface area (Å²) in [7, 11) is 0. The molecule has 0 saturated carbocycles. The summed E-state index contributed by atoms with van der Waals surface area (Å²) in [4.78, 5) is 12.3. The summed E-state index contributed by atoms with van der Waals surface area (Å²) in [5, 5.41) is 21.0. The molecule has 11 nitrogen and oxygen atoms in total. The molecule has 0 fully saturated rings. The van der Waals surface area contributed by atoms with E-state index in [1.807, 2.05) is 38.1 Å². The van der Waals surface area contributed by atoms with Crippen LogP contribution in [0.3, 0.4) is 0 Å². The fourth-order valence-electron chi connectivity index (χ4n) is 2.69. The number of carbonyl (C=O) groups is 1. The molecule has 0 aliphatic carbocycles. The quantitative estimate of drug-likeness (QED) is 0.209. The van der Waals surface area contributed by atoms with Crippen LogP contribution in [0.4, 0.5) is 16.2 Å². The van der Waals surface area contributed by atoms with Gasteiger partial charge in [0.2, 0.25) is 11.9 Å². The van der Waals surface area contributed by atoms with Gasteiger partial charge in [-0.15, -0.1) is 10.2 Å². The number of nitrogens with zero attached hydrogens (tertiary/aromatic N) is 4. The van der Waals surface area contributed by atoms with Gasteiger partial charge in [0.25, 0.3) is 0 Å². The fraction of sp³-hybridized carbons (Fsp3) is 0.190. The van der Waals surface area contributed by atoms with Gasteiger partial charge in [-0.25, -0.2) is 4.79 Å². The first-order valence-electron chi connectivity index (χ1n) is 9.92. The molecule has 0 atom stereocenters. The molecule has 0 saturated heterocycles. The Bertz CT molecular complexity index is 946. The summed E-state index contributed by atoms with van der Waals surface area (Å²) in [5.41, 5.74) is 25.7. The number of anilines is 2. The van der Waals surface area contributed by atoms with E-state index in [0.29, 0.717) is 24.2 Å². The van der Waals surface area contributed by atoms with Gasteiger partial charge in [-0.2, -0.15) is 10.2 Å². The Hall–Kier alpha value is -4.41. The number of urea groups is 1. The molecule has 0 bridgehead atoms. The van der Waals surface area contributed by atoms with Crippen LogP contribution in [0.2, 0.25) is 0 Å². The monoisotopic (exact) mass is 436 g/mol. The van der Waals surface area contributed by atoms with Crippen LogP contribution < -0.4 is 33.6 Å². The van der Waals surface area contributed by atoms with Crippen molar-refractivity contribution >= 4 is 40.7 Å². The highest BCUT2D eigenvalue weighted by Gasteiger charge is 2.07. The Kier molecular flexibility index (Phi) is 8.72. The van der Waals surface area contributed by atoms with Crippen molar-refractivity contribution in [1.29, 1.82) is 0 Å². The summed E-state index contributed by atoms with van der Waals surface area (Å²) < 4.78 is 0. The highest BCUT2D eigenvalue weighted by atomic mass is 16.2. The number of hydrogen-bond donors (Lipinski definition) is 6. The van der Waals surface area contributed by atoms with Crippen LogP contribution >= 0.6 is 0 Å². The number of rotatable bonds is 8. The Balaban J connectivity index is 2.02. The maximum atomic E-state index is 12.3. The van der Waals surface area contributed by atoms with E-state index in [1.165, 1.54) is 0 Å². The lowest BCUT2D eigenvalue weighted by molar-refractivity contribution is 0.262. The molecular weight excluding hydrogens is 408 g/mol. The van der Waals surface area contributed by atoms with Gasteiger partial charge in [0.15, 0.2) is 0 Å². The normalized spacial score (nSPS) is 11.4. The summed E-state index contributed by atoms with van der Waals surface area (Å²) in [6.07, 6.45) is 1.30. The number of carbonyl (C=O) groups excluding carboxylic acids is 1. The number of nitrogens with one attached hydrogen (secondary N) is 2. The number of nitrogens with two attached hydrogens (primary N) is 4. The van der Waals surface area contributed by atoms with Crippen LogP contribution in [0.1, 0.15) is 37.8 Å². The largest absolute Gasteiger partial charge is 0.369 e. The SMILES string of the molecule is CC/C(=N/N=C(N)N)c1ccc(NC(=O)Nc2ccc(/C(CC)=N\N=C(N)N)cc2)cc1. The van der Waals surface area contributed by atoms with Gasteiger partial charge >= 0.3 is 6.03 Å². The zero-order valence-electron chi connectivity index (χ0n) is 18.0. The predicted molar refractivity (Wildman–Crippen MR) is 131 cm³/mol. The minimum absolute atomic E-state index is 0.106. The van der Waals surface area contributed by atoms with Gasteiger partial charge in [0.05, 0.1) is 11.4 Å². The van der Waals surface area contributed by atoms with Crippen LogP contribution in [-0.4, -0.2) is 29.4 Å². The minimum Gasteiger partial charge on any atom is -0.369 e. The third-order valence-electron chi connectivity index (χ3n) is 4.19. The first-order chi connectivity index (χ1) is 15.3. The third kappa shape index (κ3) is 7.44. The van der Waals surface area contributed by atoms with Gasteiger partial charge in [-0.3, -0.25) is 0 Å². The average Bonchev–Trinajstić information content (AvgIpc) is 2.76. The van der Waals surface area contributed by atoms with Gasteiger partial charge in [0.1, 0.15) is 0 Å². The molecule has 0 aliphatic rings. The zero-order chi connectivity index (χ0) is 23.5. The lowest BCUT2D eigenvalue weighted by atomic mass is 10.1. The molecule has 0 unspecified atom stereocenters. The molecule has 2 amide bonds. The van der Waals surface area contributed by atoms with E-state index in [9.17, 15) is 4.79 Å². The van der Waals surface area contributed by atoms with Crippen LogP contribution in [0.15, 0.2) is 68.9 Å². The van der Waals surface area contributed by atoms with Crippen molar-refractivity contribution in [2.24, 2.45) is 43.3 Å². The summed E-state index contributed by atoms with van der Waals surface area (Å²) in [6.45, 7) is 3.89. The minimum atomic E-state index is -0.375. The smallest absolute Gasteiger partial charge is 0.323 e. The van der Waals surface area contributed by atoms with E-state index in [0.717, 1.165) is 22.6 Å². The maximum Gasteiger partial charge on any atom is 0.323 e. The van der Waals surface area contributed by atoms with Crippen molar-refractivity contribution in [1.82, 2.24) is 0 Å². The molecule has 11 heteroatoms. The maximum absolute atomic E-state index is 12.3. The van der Waals surface area contributed by atoms with E-state index >= 15 is 0 Å². The second kappa shape index (κ2) is 11.7. The molecular formula is C21H28N10O. The van der Waals surface area contributed by atoms with E-state index in [2.05, 4.69) is 31.0 Å². The highest BCUT2D eigenvalue weighted by molar-refractivity contribution is 6.03. The molecule has 2 aromatic carbocycles. The lowest BCUT2D eigenvalue weighted by Gasteiger charge is -2.10. The van der Waals surface area contributed by atoms with Crippen molar-refractivity contribution in [2.75, 3.05) is 10.6 Å². The first-order valence-corrected chi connectivity index (χ1v) is 9.92. The number of hydrogen-bond acceptors (Lipinski definition) is 5. The Morgan fingerprint density at radius 2 is 1.00 bits per heavy atom. The fourth-order valence-corrected chi connectivity index (χ4v) is 2.69. The van der Waals surface area contributed by atoms with E-state index in [1.54, 1.807) is 24.3 Å².